The molecule has 0 saturated carbocycles. The zero-order valence-corrected chi connectivity index (χ0v) is 13.9. The number of urea groups is 1. The molecule has 2 rings (SSSR count). The molecule has 1 aromatic rings. The van der Waals surface area contributed by atoms with Crippen molar-refractivity contribution in [3.05, 3.63) is 30.1 Å². The molecule has 3 amide bonds. The molecule has 0 aromatic carbocycles. The number of primary amides is 1. The number of pyridine rings is 1. The Balaban J connectivity index is 2.00. The highest BCUT2D eigenvalue weighted by molar-refractivity contribution is 5.76. The van der Waals surface area contributed by atoms with E-state index in [1.54, 1.807) is 11.1 Å². The average Bonchev–Trinajstić information content (AvgIpc) is 2.52. The Kier molecular flexibility index (Phi) is 5.96. The third kappa shape index (κ3) is 4.94. The van der Waals surface area contributed by atoms with E-state index in [2.05, 4.69) is 24.1 Å². The van der Waals surface area contributed by atoms with Crippen LogP contribution in [0.25, 0.3) is 0 Å². The Labute approximate surface area is 137 Å². The van der Waals surface area contributed by atoms with E-state index in [-0.39, 0.29) is 29.8 Å². The van der Waals surface area contributed by atoms with E-state index < -0.39 is 0 Å². The van der Waals surface area contributed by atoms with Crippen LogP contribution >= 0.6 is 0 Å². The first-order valence-corrected chi connectivity index (χ1v) is 8.22. The number of nitrogens with one attached hydrogen (secondary N) is 1. The van der Waals surface area contributed by atoms with Crippen molar-refractivity contribution in [2.24, 2.45) is 17.6 Å². The first-order chi connectivity index (χ1) is 11.0. The summed E-state index contributed by atoms with van der Waals surface area (Å²) in [5, 5.41) is 3.08. The van der Waals surface area contributed by atoms with Crippen molar-refractivity contribution in [1.29, 1.82) is 0 Å². The number of nitrogens with two attached hydrogens (primary N) is 1. The van der Waals surface area contributed by atoms with Crippen molar-refractivity contribution in [2.75, 3.05) is 13.1 Å². The summed E-state index contributed by atoms with van der Waals surface area (Å²) in [6.07, 6.45) is 3.93. The fourth-order valence-corrected chi connectivity index (χ4v) is 3.07. The molecule has 1 aliphatic heterocycles. The van der Waals surface area contributed by atoms with Crippen LogP contribution in [0.15, 0.2) is 24.4 Å². The second kappa shape index (κ2) is 7.94. The Hall–Kier alpha value is -2.11. The van der Waals surface area contributed by atoms with Crippen molar-refractivity contribution < 1.29 is 9.59 Å². The largest absolute Gasteiger partial charge is 0.370 e. The number of aromatic nitrogens is 1. The molecule has 2 unspecified atom stereocenters. The smallest absolute Gasteiger partial charge is 0.317 e. The molecule has 1 aliphatic rings. The highest BCUT2D eigenvalue weighted by atomic mass is 16.2. The lowest BCUT2D eigenvalue weighted by molar-refractivity contribution is -0.119. The van der Waals surface area contributed by atoms with Gasteiger partial charge in [-0.1, -0.05) is 19.9 Å². The lowest BCUT2D eigenvalue weighted by Crippen LogP contribution is -2.47. The molecule has 6 nitrogen and oxygen atoms in total. The van der Waals surface area contributed by atoms with Crippen LogP contribution < -0.4 is 11.1 Å². The summed E-state index contributed by atoms with van der Waals surface area (Å²) >= 11 is 0. The first-order valence-electron chi connectivity index (χ1n) is 8.22. The Morgan fingerprint density at radius 3 is 2.83 bits per heavy atom. The summed E-state index contributed by atoms with van der Waals surface area (Å²) in [7, 11) is 0. The SMILES string of the molecule is CC(C)C(NC(=O)N1CCCC(CC(N)=O)C1)c1ccccn1. The average molecular weight is 318 g/mol. The predicted octanol–water partition coefficient (Wildman–Crippen LogP) is 2.08. The number of hydrogen-bond donors (Lipinski definition) is 2. The zero-order valence-electron chi connectivity index (χ0n) is 13.9. The maximum absolute atomic E-state index is 12.6. The van der Waals surface area contributed by atoms with E-state index in [9.17, 15) is 9.59 Å². The van der Waals surface area contributed by atoms with Gasteiger partial charge < -0.3 is 16.0 Å². The van der Waals surface area contributed by atoms with Crippen LogP contribution in [0.1, 0.15) is 44.8 Å². The maximum Gasteiger partial charge on any atom is 0.317 e. The summed E-state index contributed by atoms with van der Waals surface area (Å²) in [4.78, 5) is 29.8. The Bertz CT molecular complexity index is 533. The molecule has 0 radical (unpaired) electrons. The van der Waals surface area contributed by atoms with Gasteiger partial charge in [0.2, 0.25) is 5.91 Å². The molecule has 3 N–H and O–H groups in total. The number of piperidine rings is 1. The van der Waals surface area contributed by atoms with Crippen molar-refractivity contribution in [3.63, 3.8) is 0 Å². The highest BCUT2D eigenvalue weighted by Crippen LogP contribution is 2.22. The van der Waals surface area contributed by atoms with Gasteiger partial charge in [0, 0.05) is 25.7 Å². The molecule has 126 valence electrons. The molecule has 2 atom stereocenters. The number of likely N-dealkylation sites (tertiary alicyclic amines) is 1. The monoisotopic (exact) mass is 318 g/mol. The van der Waals surface area contributed by atoms with Gasteiger partial charge in [-0.3, -0.25) is 9.78 Å². The number of carbonyl (C=O) groups is 2. The minimum atomic E-state index is -0.300. The van der Waals surface area contributed by atoms with Gasteiger partial charge in [-0.25, -0.2) is 4.79 Å². The number of amides is 3. The molecule has 0 bridgehead atoms. The van der Waals surface area contributed by atoms with Crippen LogP contribution in [0.5, 0.6) is 0 Å². The molecule has 6 heteroatoms. The summed E-state index contributed by atoms with van der Waals surface area (Å²) in [5.74, 6) is 0.102. The molecule has 1 fully saturated rings. The van der Waals surface area contributed by atoms with Gasteiger partial charge in [-0.15, -0.1) is 0 Å². The highest BCUT2D eigenvalue weighted by Gasteiger charge is 2.27. The second-order valence-electron chi connectivity index (χ2n) is 6.55. The van der Waals surface area contributed by atoms with Gasteiger partial charge in [-0.2, -0.15) is 0 Å². The zero-order chi connectivity index (χ0) is 16.8. The Morgan fingerprint density at radius 2 is 2.22 bits per heavy atom. The summed E-state index contributed by atoms with van der Waals surface area (Å²) in [5.41, 5.74) is 6.14. The number of hydrogen-bond acceptors (Lipinski definition) is 3. The predicted molar refractivity (Wildman–Crippen MR) is 88.5 cm³/mol. The first kappa shape index (κ1) is 17.2. The minimum Gasteiger partial charge on any atom is -0.370 e. The third-order valence-electron chi connectivity index (χ3n) is 4.25. The number of nitrogens with zero attached hydrogens (tertiary/aromatic N) is 2. The van der Waals surface area contributed by atoms with E-state index >= 15 is 0 Å². The van der Waals surface area contributed by atoms with E-state index in [4.69, 9.17) is 5.73 Å². The molecule has 1 aromatic heterocycles. The van der Waals surface area contributed by atoms with Crippen molar-refractivity contribution in [1.82, 2.24) is 15.2 Å². The van der Waals surface area contributed by atoms with Gasteiger partial charge in [0.15, 0.2) is 0 Å². The topological polar surface area (TPSA) is 88.3 Å². The summed E-state index contributed by atoms with van der Waals surface area (Å²) in [6.45, 7) is 5.42. The second-order valence-corrected chi connectivity index (χ2v) is 6.55. The van der Waals surface area contributed by atoms with Crippen LogP contribution in [-0.4, -0.2) is 34.9 Å². The van der Waals surface area contributed by atoms with Crippen LogP contribution in [-0.2, 0) is 4.79 Å². The lowest BCUT2D eigenvalue weighted by Gasteiger charge is -2.34. The standard InChI is InChI=1S/C17H26N4O2/c1-12(2)16(14-7-3-4-8-19-14)20-17(23)21-9-5-6-13(11-21)10-15(18)22/h3-4,7-8,12-13,16H,5-6,9-11H2,1-2H3,(H2,18,22)(H,20,23). The molecule has 2 heterocycles. The van der Waals surface area contributed by atoms with Crippen molar-refractivity contribution in [2.45, 2.75) is 39.2 Å². The molecule has 0 aliphatic carbocycles. The fraction of sp³-hybridized carbons (Fsp3) is 0.588. The van der Waals surface area contributed by atoms with Gasteiger partial charge in [0.1, 0.15) is 0 Å². The van der Waals surface area contributed by atoms with Crippen LogP contribution in [0, 0.1) is 11.8 Å². The number of carbonyl (C=O) groups excluding carboxylic acids is 2. The quantitative estimate of drug-likeness (QED) is 0.871. The van der Waals surface area contributed by atoms with Gasteiger partial charge in [-0.05, 0) is 36.8 Å². The number of rotatable bonds is 5. The molecular weight excluding hydrogens is 292 g/mol. The van der Waals surface area contributed by atoms with Gasteiger partial charge in [0.25, 0.3) is 0 Å². The third-order valence-corrected chi connectivity index (χ3v) is 4.25. The fourth-order valence-electron chi connectivity index (χ4n) is 3.07. The minimum absolute atomic E-state index is 0.0940. The van der Waals surface area contributed by atoms with E-state index in [1.165, 1.54) is 0 Å². The van der Waals surface area contributed by atoms with Gasteiger partial charge in [0.05, 0.1) is 11.7 Å². The van der Waals surface area contributed by atoms with E-state index in [1.807, 2.05) is 18.2 Å². The molecular formula is C17H26N4O2. The molecule has 23 heavy (non-hydrogen) atoms. The van der Waals surface area contributed by atoms with E-state index in [0.717, 1.165) is 18.5 Å². The normalized spacial score (nSPS) is 19.4. The molecule has 0 spiro atoms. The van der Waals surface area contributed by atoms with Crippen molar-refractivity contribution in [3.8, 4) is 0 Å². The van der Waals surface area contributed by atoms with Crippen molar-refractivity contribution >= 4 is 11.9 Å². The summed E-state index contributed by atoms with van der Waals surface area (Å²) in [6, 6.07) is 5.50. The van der Waals surface area contributed by atoms with Crippen LogP contribution in [0.3, 0.4) is 0 Å². The van der Waals surface area contributed by atoms with Gasteiger partial charge >= 0.3 is 6.03 Å². The Morgan fingerprint density at radius 1 is 1.43 bits per heavy atom. The van der Waals surface area contributed by atoms with Crippen LogP contribution in [0.2, 0.25) is 0 Å². The lowest BCUT2D eigenvalue weighted by atomic mass is 9.94. The maximum atomic E-state index is 12.6. The summed E-state index contributed by atoms with van der Waals surface area (Å²) < 4.78 is 0. The van der Waals surface area contributed by atoms with E-state index in [0.29, 0.717) is 19.5 Å². The van der Waals surface area contributed by atoms with Crippen LogP contribution in [0.4, 0.5) is 4.79 Å². The molecule has 1 saturated heterocycles.